The number of hydrogen-bond donors (Lipinski definition) is 0. The summed E-state index contributed by atoms with van der Waals surface area (Å²) in [7, 11) is 0. The Labute approximate surface area is 164 Å². The largest absolute Gasteiger partial charge is 0.460 e. The van der Waals surface area contributed by atoms with Crippen LogP contribution in [0.15, 0.2) is 78.9 Å². The molecule has 0 amide bonds. The molecule has 3 nitrogen and oxygen atoms in total. The second-order valence-corrected chi connectivity index (χ2v) is 6.94. The molecule has 1 atom stereocenters. The molecular formula is C24H23FO3. The molecule has 3 aromatic rings. The van der Waals surface area contributed by atoms with Gasteiger partial charge in [0.2, 0.25) is 0 Å². The van der Waals surface area contributed by atoms with Gasteiger partial charge in [-0.3, -0.25) is 4.79 Å². The van der Waals surface area contributed by atoms with Crippen LogP contribution in [0.2, 0.25) is 0 Å². The molecule has 0 aliphatic carbocycles. The Bertz CT molecular complexity index is 905. The van der Waals surface area contributed by atoms with Crippen LogP contribution in [-0.2, 0) is 16.1 Å². The number of para-hydroxylation sites is 1. The van der Waals surface area contributed by atoms with Crippen LogP contribution in [0.25, 0.3) is 0 Å². The molecule has 0 aromatic heterocycles. The lowest BCUT2D eigenvalue weighted by Crippen LogP contribution is -2.20. The first-order valence-corrected chi connectivity index (χ1v) is 9.27. The highest BCUT2D eigenvalue weighted by Crippen LogP contribution is 2.27. The Morgan fingerprint density at radius 1 is 0.893 bits per heavy atom. The van der Waals surface area contributed by atoms with Gasteiger partial charge in [0.05, 0.1) is 5.92 Å². The van der Waals surface area contributed by atoms with E-state index in [9.17, 15) is 9.18 Å². The third-order valence-electron chi connectivity index (χ3n) is 4.41. The van der Waals surface area contributed by atoms with Crippen LogP contribution in [0.5, 0.6) is 11.5 Å². The lowest BCUT2D eigenvalue weighted by molar-refractivity contribution is -0.148. The summed E-state index contributed by atoms with van der Waals surface area (Å²) in [6, 6.07) is 22.9. The summed E-state index contributed by atoms with van der Waals surface area (Å²) in [5, 5.41) is 0. The summed E-state index contributed by atoms with van der Waals surface area (Å²) in [5.74, 6) is 0.368. The maximum Gasteiger partial charge on any atom is 0.314 e. The summed E-state index contributed by atoms with van der Waals surface area (Å²) >= 11 is 0. The van der Waals surface area contributed by atoms with Crippen LogP contribution in [0, 0.1) is 11.7 Å². The fourth-order valence-corrected chi connectivity index (χ4v) is 3.03. The normalized spacial score (nSPS) is 11.9. The van der Waals surface area contributed by atoms with E-state index >= 15 is 0 Å². The summed E-state index contributed by atoms with van der Waals surface area (Å²) in [5.41, 5.74) is 1.59. The van der Waals surface area contributed by atoms with E-state index in [4.69, 9.17) is 9.47 Å². The first-order valence-electron chi connectivity index (χ1n) is 9.27. The van der Waals surface area contributed by atoms with E-state index in [1.54, 1.807) is 12.1 Å². The van der Waals surface area contributed by atoms with E-state index in [2.05, 4.69) is 0 Å². The van der Waals surface area contributed by atoms with Gasteiger partial charge in [-0.2, -0.15) is 0 Å². The fourth-order valence-electron chi connectivity index (χ4n) is 3.03. The van der Waals surface area contributed by atoms with Crippen LogP contribution in [-0.4, -0.2) is 5.97 Å². The zero-order valence-electron chi connectivity index (χ0n) is 16.0. The zero-order chi connectivity index (χ0) is 19.9. The van der Waals surface area contributed by atoms with Crippen molar-refractivity contribution in [1.82, 2.24) is 0 Å². The van der Waals surface area contributed by atoms with Crippen LogP contribution in [0.3, 0.4) is 0 Å². The quantitative estimate of drug-likeness (QED) is 0.466. The summed E-state index contributed by atoms with van der Waals surface area (Å²) in [4.78, 5) is 12.7. The Kier molecular flexibility index (Phi) is 6.43. The molecule has 28 heavy (non-hydrogen) atoms. The first-order chi connectivity index (χ1) is 13.5. The van der Waals surface area contributed by atoms with Crippen molar-refractivity contribution in [2.75, 3.05) is 0 Å². The molecule has 0 aliphatic rings. The van der Waals surface area contributed by atoms with Gasteiger partial charge in [0.25, 0.3) is 0 Å². The van der Waals surface area contributed by atoms with Crippen molar-refractivity contribution in [3.05, 3.63) is 95.8 Å². The number of carbonyl (C=O) groups excluding carboxylic acids is 1. The van der Waals surface area contributed by atoms with Crippen LogP contribution >= 0.6 is 0 Å². The van der Waals surface area contributed by atoms with Gasteiger partial charge in [-0.05, 0) is 53.4 Å². The molecule has 1 unspecified atom stereocenters. The SMILES string of the molecule is CC(C)C(C(=O)OCc1cccc(Oc2ccccc2)c1)c1ccc(F)cc1. The van der Waals surface area contributed by atoms with Crippen molar-refractivity contribution in [2.45, 2.75) is 26.4 Å². The number of carbonyl (C=O) groups is 1. The molecular weight excluding hydrogens is 355 g/mol. The Morgan fingerprint density at radius 2 is 1.57 bits per heavy atom. The van der Waals surface area contributed by atoms with E-state index in [0.717, 1.165) is 16.9 Å². The second-order valence-electron chi connectivity index (χ2n) is 6.94. The van der Waals surface area contributed by atoms with Gasteiger partial charge >= 0.3 is 5.97 Å². The number of rotatable bonds is 7. The van der Waals surface area contributed by atoms with Crippen molar-refractivity contribution in [1.29, 1.82) is 0 Å². The molecule has 0 fully saturated rings. The number of benzene rings is 3. The summed E-state index contributed by atoms with van der Waals surface area (Å²) < 4.78 is 24.6. The predicted octanol–water partition coefficient (Wildman–Crippen LogP) is 6.10. The number of esters is 1. The van der Waals surface area contributed by atoms with Gasteiger partial charge in [0, 0.05) is 0 Å². The monoisotopic (exact) mass is 378 g/mol. The summed E-state index contributed by atoms with van der Waals surface area (Å²) in [6.45, 7) is 4.04. The second kappa shape index (κ2) is 9.18. The smallest absolute Gasteiger partial charge is 0.314 e. The Morgan fingerprint density at radius 3 is 2.25 bits per heavy atom. The highest BCUT2D eigenvalue weighted by molar-refractivity contribution is 5.78. The lowest BCUT2D eigenvalue weighted by atomic mass is 9.88. The maximum atomic E-state index is 13.2. The van der Waals surface area contributed by atoms with Crippen LogP contribution < -0.4 is 4.74 Å². The number of hydrogen-bond acceptors (Lipinski definition) is 3. The molecule has 3 aromatic carbocycles. The van der Waals surface area contributed by atoms with Crippen molar-refractivity contribution in [3.8, 4) is 11.5 Å². The highest BCUT2D eigenvalue weighted by atomic mass is 19.1. The molecule has 0 saturated heterocycles. The lowest BCUT2D eigenvalue weighted by Gasteiger charge is -2.20. The van der Waals surface area contributed by atoms with Crippen molar-refractivity contribution >= 4 is 5.97 Å². The first kappa shape index (κ1) is 19.6. The van der Waals surface area contributed by atoms with Gasteiger partial charge in [-0.25, -0.2) is 4.39 Å². The zero-order valence-corrected chi connectivity index (χ0v) is 16.0. The average molecular weight is 378 g/mol. The van der Waals surface area contributed by atoms with Crippen molar-refractivity contribution < 1.29 is 18.7 Å². The standard InChI is InChI=1S/C24H23FO3/c1-17(2)23(19-11-13-20(25)14-12-19)24(26)27-16-18-7-6-10-22(15-18)28-21-8-4-3-5-9-21/h3-15,17,23H,16H2,1-2H3. The minimum absolute atomic E-state index is 0.0331. The Hall–Kier alpha value is -3.14. The van der Waals surface area contributed by atoms with E-state index in [-0.39, 0.29) is 24.3 Å². The molecule has 0 bridgehead atoms. The third kappa shape index (κ3) is 5.19. The van der Waals surface area contributed by atoms with Gasteiger partial charge < -0.3 is 9.47 Å². The van der Waals surface area contributed by atoms with E-state index in [1.165, 1.54) is 12.1 Å². The minimum Gasteiger partial charge on any atom is -0.460 e. The van der Waals surface area contributed by atoms with Crippen molar-refractivity contribution in [2.24, 2.45) is 5.92 Å². The number of ether oxygens (including phenoxy) is 2. The topological polar surface area (TPSA) is 35.5 Å². The average Bonchev–Trinajstić information content (AvgIpc) is 2.69. The van der Waals surface area contributed by atoms with Crippen LogP contribution in [0.1, 0.15) is 30.9 Å². The summed E-state index contributed by atoms with van der Waals surface area (Å²) in [6.07, 6.45) is 0. The predicted molar refractivity (Wildman–Crippen MR) is 107 cm³/mol. The molecule has 0 saturated carbocycles. The molecule has 0 heterocycles. The molecule has 4 heteroatoms. The van der Waals surface area contributed by atoms with Gasteiger partial charge in [-0.1, -0.05) is 56.3 Å². The van der Waals surface area contributed by atoms with E-state index in [0.29, 0.717) is 5.75 Å². The molecule has 0 aliphatic heterocycles. The van der Waals surface area contributed by atoms with E-state index < -0.39 is 5.92 Å². The van der Waals surface area contributed by atoms with Crippen LogP contribution in [0.4, 0.5) is 4.39 Å². The molecule has 0 spiro atoms. The fraction of sp³-hybridized carbons (Fsp3) is 0.208. The van der Waals surface area contributed by atoms with Gasteiger partial charge in [0.1, 0.15) is 23.9 Å². The number of halogens is 1. The minimum atomic E-state index is -0.440. The van der Waals surface area contributed by atoms with Gasteiger partial charge in [0.15, 0.2) is 0 Å². The molecule has 3 rings (SSSR count). The molecule has 144 valence electrons. The Balaban J connectivity index is 1.66. The maximum absolute atomic E-state index is 13.2. The van der Waals surface area contributed by atoms with Crippen molar-refractivity contribution in [3.63, 3.8) is 0 Å². The van der Waals surface area contributed by atoms with Gasteiger partial charge in [-0.15, -0.1) is 0 Å². The third-order valence-corrected chi connectivity index (χ3v) is 4.41. The highest BCUT2D eigenvalue weighted by Gasteiger charge is 2.25. The molecule has 0 radical (unpaired) electrons. The molecule has 0 N–H and O–H groups in total. The van der Waals surface area contributed by atoms with E-state index in [1.807, 2.05) is 68.4 Å².